The van der Waals surface area contributed by atoms with Crippen LogP contribution in [0.3, 0.4) is 0 Å². The van der Waals surface area contributed by atoms with Crippen molar-refractivity contribution in [3.63, 3.8) is 0 Å². The normalized spacial score (nSPS) is 49.6. The summed E-state index contributed by atoms with van der Waals surface area (Å²) in [7, 11) is -5.34. The van der Waals surface area contributed by atoms with Crippen LogP contribution in [0.15, 0.2) is 0 Å². The van der Waals surface area contributed by atoms with E-state index in [-0.39, 0.29) is 0 Å². The zero-order chi connectivity index (χ0) is 27.0. The van der Waals surface area contributed by atoms with Gasteiger partial charge in [-0.25, -0.2) is 4.57 Å². The summed E-state index contributed by atoms with van der Waals surface area (Å²) < 4.78 is 42.6. The molecule has 0 aliphatic carbocycles. The first-order chi connectivity index (χ1) is 16.8. The molecule has 3 rings (SSSR count). The fourth-order valence-corrected chi connectivity index (χ4v) is 5.11. The van der Waals surface area contributed by atoms with Crippen molar-refractivity contribution < 1.29 is 88.5 Å². The molecule has 3 aliphatic rings. The fraction of sp³-hybridized carbons (Fsp3) is 1.00. The third-order valence-electron chi connectivity index (χ3n) is 6.00. The summed E-state index contributed by atoms with van der Waals surface area (Å²) in [6.45, 7) is -3.54. The summed E-state index contributed by atoms with van der Waals surface area (Å²) in [5, 5.41) is 99.0. The van der Waals surface area contributed by atoms with Crippen molar-refractivity contribution >= 4 is 7.82 Å². The average Bonchev–Trinajstić information content (AvgIpc) is 3.10. The molecule has 0 aromatic carbocycles. The van der Waals surface area contributed by atoms with E-state index in [2.05, 4.69) is 0 Å². The zero-order valence-electron chi connectivity index (χ0n) is 18.5. The average molecular weight is 554 g/mol. The molecule has 0 aromatic heterocycles. The van der Waals surface area contributed by atoms with Crippen LogP contribution in [0.25, 0.3) is 0 Å². The molecule has 3 heterocycles. The minimum atomic E-state index is -5.34. The van der Waals surface area contributed by atoms with Crippen LogP contribution in [-0.4, -0.2) is 162 Å². The Balaban J connectivity index is 1.77. The van der Waals surface area contributed by atoms with E-state index in [1.165, 1.54) is 0 Å². The topological polar surface area (TPSA) is 295 Å². The van der Waals surface area contributed by atoms with E-state index in [1.54, 1.807) is 0 Å². The molecule has 36 heavy (non-hydrogen) atoms. The summed E-state index contributed by atoms with van der Waals surface area (Å²) in [6.07, 6.45) is -22.2. The van der Waals surface area contributed by atoms with Crippen LogP contribution in [0, 0.1) is 0 Å². The molecule has 0 radical (unpaired) electrons. The van der Waals surface area contributed by atoms with Crippen LogP contribution in [0.1, 0.15) is 0 Å². The molecular formula is C17H31O18P. The number of aliphatic hydroxyl groups is 10. The Kier molecular flexibility index (Phi) is 9.82. The number of hydrogen-bond donors (Lipinski definition) is 11. The van der Waals surface area contributed by atoms with Gasteiger partial charge in [0.1, 0.15) is 67.6 Å². The standard InChI is InChI=1S/C17H31O18P/c18-1-6-9(23)10(24)11(25)16(31-6)33-17(4-20)14(26)12(7(2-19)32-17)34-36(28,29)35-13-8(22)5(21)3-30-15(13)27/h5-16,18-27H,1-4H2,(H,28,29)/t5-,6+,7+,8+,9+,10+,11-,12-,13-,14-,15-,16+,17-/m0/s1. The highest BCUT2D eigenvalue weighted by molar-refractivity contribution is 7.47. The van der Waals surface area contributed by atoms with Gasteiger partial charge >= 0.3 is 7.82 Å². The Hall–Kier alpha value is -0.450. The minimum absolute atomic E-state index is 0.505. The summed E-state index contributed by atoms with van der Waals surface area (Å²) >= 11 is 0. The largest absolute Gasteiger partial charge is 0.473 e. The SMILES string of the molecule is O=P(O)(O[C@H]1[C@H](O)[C@@H](O)CO[C@@H]1O)O[C@H]1[C@@H](CO)O[C@@](CO)(O[C@H]2O[C@H](CO)[C@@H](O)[C@@H](O)[C@@H]2O)[C@H]1O. The summed E-state index contributed by atoms with van der Waals surface area (Å²) in [5.41, 5.74) is 0. The second kappa shape index (κ2) is 11.7. The monoisotopic (exact) mass is 554 g/mol. The Labute approximate surface area is 203 Å². The molecule has 0 bridgehead atoms. The van der Waals surface area contributed by atoms with Crippen LogP contribution in [0.2, 0.25) is 0 Å². The van der Waals surface area contributed by atoms with Crippen molar-refractivity contribution in [3.05, 3.63) is 0 Å². The van der Waals surface area contributed by atoms with E-state index in [1.807, 2.05) is 0 Å². The lowest BCUT2D eigenvalue weighted by molar-refractivity contribution is -0.383. The van der Waals surface area contributed by atoms with E-state index in [0.29, 0.717) is 0 Å². The Bertz CT molecular complexity index is 772. The smallest absolute Gasteiger partial charge is 0.394 e. The van der Waals surface area contributed by atoms with Crippen molar-refractivity contribution in [2.75, 3.05) is 26.4 Å². The molecule has 19 heteroatoms. The summed E-state index contributed by atoms with van der Waals surface area (Å²) in [6, 6.07) is 0. The van der Waals surface area contributed by atoms with Gasteiger partial charge in [-0.1, -0.05) is 0 Å². The molecular weight excluding hydrogens is 523 g/mol. The Morgan fingerprint density at radius 2 is 1.44 bits per heavy atom. The number of hydrogen-bond acceptors (Lipinski definition) is 17. The van der Waals surface area contributed by atoms with Gasteiger partial charge in [-0.05, 0) is 0 Å². The van der Waals surface area contributed by atoms with Gasteiger partial charge in [0.25, 0.3) is 0 Å². The first kappa shape index (κ1) is 30.1. The maximum absolute atomic E-state index is 12.6. The molecule has 14 atom stereocenters. The molecule has 0 aromatic rings. The van der Waals surface area contributed by atoms with Crippen molar-refractivity contribution in [1.29, 1.82) is 0 Å². The Morgan fingerprint density at radius 1 is 0.833 bits per heavy atom. The molecule has 0 saturated carbocycles. The van der Waals surface area contributed by atoms with E-state index in [9.17, 15) is 60.5 Å². The molecule has 18 nitrogen and oxygen atoms in total. The predicted molar refractivity (Wildman–Crippen MR) is 106 cm³/mol. The van der Waals surface area contributed by atoms with Gasteiger partial charge in [0.15, 0.2) is 12.6 Å². The first-order valence-electron chi connectivity index (χ1n) is 10.7. The van der Waals surface area contributed by atoms with Crippen LogP contribution in [0.4, 0.5) is 0 Å². The zero-order valence-corrected chi connectivity index (χ0v) is 19.4. The van der Waals surface area contributed by atoms with Crippen LogP contribution in [0.5, 0.6) is 0 Å². The quantitative estimate of drug-likeness (QED) is 0.118. The molecule has 3 saturated heterocycles. The molecule has 0 amide bonds. The maximum atomic E-state index is 12.6. The molecule has 1 unspecified atom stereocenters. The van der Waals surface area contributed by atoms with Gasteiger partial charge in [-0.2, -0.15) is 0 Å². The van der Waals surface area contributed by atoms with Crippen molar-refractivity contribution in [3.8, 4) is 0 Å². The van der Waals surface area contributed by atoms with Gasteiger partial charge < -0.3 is 74.9 Å². The summed E-state index contributed by atoms with van der Waals surface area (Å²) in [5.74, 6) is -2.60. The minimum Gasteiger partial charge on any atom is -0.394 e. The number of rotatable bonds is 9. The van der Waals surface area contributed by atoms with Crippen molar-refractivity contribution in [2.45, 2.75) is 79.4 Å². The first-order valence-corrected chi connectivity index (χ1v) is 12.2. The van der Waals surface area contributed by atoms with Gasteiger partial charge in [-0.3, -0.25) is 9.05 Å². The second-order valence-electron chi connectivity index (χ2n) is 8.46. The van der Waals surface area contributed by atoms with E-state index < -0.39 is 114 Å². The summed E-state index contributed by atoms with van der Waals surface area (Å²) in [4.78, 5) is 10.2. The number of aliphatic hydroxyl groups excluding tert-OH is 10. The van der Waals surface area contributed by atoms with Gasteiger partial charge in [0.05, 0.1) is 19.8 Å². The highest BCUT2D eigenvalue weighted by Gasteiger charge is 2.61. The number of phosphoric acid groups is 1. The van der Waals surface area contributed by atoms with E-state index in [4.69, 9.17) is 28.0 Å². The Morgan fingerprint density at radius 3 is 2.03 bits per heavy atom. The lowest BCUT2D eigenvalue weighted by atomic mass is 9.99. The molecule has 11 N–H and O–H groups in total. The highest BCUT2D eigenvalue weighted by Crippen LogP contribution is 2.51. The third kappa shape index (κ3) is 5.91. The van der Waals surface area contributed by atoms with Crippen LogP contribution in [-0.2, 0) is 32.6 Å². The molecule has 212 valence electrons. The van der Waals surface area contributed by atoms with Gasteiger partial charge in [0.2, 0.25) is 5.79 Å². The van der Waals surface area contributed by atoms with E-state index >= 15 is 0 Å². The lowest BCUT2D eigenvalue weighted by Crippen LogP contribution is -2.62. The number of phosphoric ester groups is 1. The second-order valence-corrected chi connectivity index (χ2v) is 9.82. The third-order valence-corrected chi connectivity index (χ3v) is 7.02. The van der Waals surface area contributed by atoms with Gasteiger partial charge in [-0.15, -0.1) is 0 Å². The fourth-order valence-electron chi connectivity index (χ4n) is 3.97. The predicted octanol–water partition coefficient (Wildman–Crippen LogP) is -6.82. The number of ether oxygens (including phenoxy) is 4. The van der Waals surface area contributed by atoms with Crippen molar-refractivity contribution in [2.24, 2.45) is 0 Å². The lowest BCUT2D eigenvalue weighted by Gasteiger charge is -2.43. The molecule has 3 aliphatic heterocycles. The molecule has 0 spiro atoms. The highest BCUT2D eigenvalue weighted by atomic mass is 31.2. The van der Waals surface area contributed by atoms with E-state index in [0.717, 1.165) is 0 Å². The van der Waals surface area contributed by atoms with Crippen LogP contribution < -0.4 is 0 Å². The van der Waals surface area contributed by atoms with Crippen molar-refractivity contribution in [1.82, 2.24) is 0 Å². The maximum Gasteiger partial charge on any atom is 0.473 e. The van der Waals surface area contributed by atoms with Crippen LogP contribution >= 0.6 is 7.82 Å². The molecule has 3 fully saturated rings. The van der Waals surface area contributed by atoms with Gasteiger partial charge in [0, 0.05) is 0 Å².